The number of nitrogens with one attached hydrogen (secondary N) is 1. The Kier molecular flexibility index (Phi) is 7.94. The van der Waals surface area contributed by atoms with Gasteiger partial charge in [-0.3, -0.25) is 4.79 Å². The van der Waals surface area contributed by atoms with E-state index in [-0.39, 0.29) is 15.4 Å². The monoisotopic (exact) mass is 493 g/mol. The van der Waals surface area contributed by atoms with Gasteiger partial charge in [0, 0.05) is 37.4 Å². The summed E-state index contributed by atoms with van der Waals surface area (Å²) in [5.41, 5.74) is 1.25. The molecule has 1 N–H and O–H groups in total. The van der Waals surface area contributed by atoms with Crippen LogP contribution in [0.1, 0.15) is 49.0 Å². The second-order valence-electron chi connectivity index (χ2n) is 8.01. The first kappa shape index (κ1) is 25.4. The molecule has 1 saturated heterocycles. The fraction of sp³-hybridized carbons (Fsp3) is 0.435. The van der Waals surface area contributed by atoms with E-state index in [2.05, 4.69) is 5.32 Å². The number of carbonyl (C=O) groups is 1. The Balaban J connectivity index is 1.80. The lowest BCUT2D eigenvalue weighted by Crippen LogP contribution is -2.36. The molecule has 0 unspecified atom stereocenters. The van der Waals surface area contributed by atoms with Crippen molar-refractivity contribution in [3.63, 3.8) is 0 Å². The molecule has 10 heteroatoms. The molecule has 2 aromatic carbocycles. The van der Waals surface area contributed by atoms with E-state index in [1.165, 1.54) is 38.9 Å². The Morgan fingerprint density at radius 1 is 0.939 bits per heavy atom. The van der Waals surface area contributed by atoms with Crippen LogP contribution in [-0.4, -0.2) is 57.5 Å². The lowest BCUT2D eigenvalue weighted by molar-refractivity contribution is 0.102. The van der Waals surface area contributed by atoms with Crippen molar-refractivity contribution in [1.82, 2.24) is 8.61 Å². The smallest absolute Gasteiger partial charge is 0.255 e. The summed E-state index contributed by atoms with van der Waals surface area (Å²) in [5, 5.41) is 2.72. The van der Waals surface area contributed by atoms with Gasteiger partial charge in [0.15, 0.2) is 0 Å². The number of sulfonamides is 2. The summed E-state index contributed by atoms with van der Waals surface area (Å²) >= 11 is 0. The van der Waals surface area contributed by atoms with Crippen molar-refractivity contribution < 1.29 is 21.6 Å². The van der Waals surface area contributed by atoms with E-state index < -0.39 is 26.0 Å². The first-order valence-electron chi connectivity index (χ1n) is 11.1. The van der Waals surface area contributed by atoms with Crippen LogP contribution >= 0.6 is 0 Å². The predicted molar refractivity (Wildman–Crippen MR) is 128 cm³/mol. The van der Waals surface area contributed by atoms with Crippen LogP contribution in [0, 0.1) is 6.92 Å². The molecule has 0 atom stereocenters. The Hall–Kier alpha value is -2.27. The standard InChI is InChI=1S/C23H31N3O5S2/c1-4-25(5-2)32(28,29)21-13-10-19(11-14-21)23(27)24-20-12-9-18(3)22(17-20)33(30,31)26-15-7-6-8-16-26/h9-14,17H,4-8,15-16H2,1-3H3,(H,24,27). The van der Waals surface area contributed by atoms with Gasteiger partial charge in [0.25, 0.3) is 5.91 Å². The van der Waals surface area contributed by atoms with Crippen LogP contribution in [0.2, 0.25) is 0 Å². The van der Waals surface area contributed by atoms with E-state index in [4.69, 9.17) is 0 Å². The summed E-state index contributed by atoms with van der Waals surface area (Å²) in [6.07, 6.45) is 2.71. The third-order valence-electron chi connectivity index (χ3n) is 5.84. The summed E-state index contributed by atoms with van der Waals surface area (Å²) in [7, 11) is -7.25. The van der Waals surface area contributed by atoms with Crippen LogP contribution in [0.5, 0.6) is 0 Å². The van der Waals surface area contributed by atoms with E-state index in [1.807, 2.05) is 0 Å². The van der Waals surface area contributed by atoms with Crippen LogP contribution in [-0.2, 0) is 20.0 Å². The van der Waals surface area contributed by atoms with Crippen LogP contribution in [0.25, 0.3) is 0 Å². The highest BCUT2D eigenvalue weighted by Gasteiger charge is 2.28. The highest BCUT2D eigenvalue weighted by Crippen LogP contribution is 2.26. The fourth-order valence-corrected chi connectivity index (χ4v) is 7.12. The number of aryl methyl sites for hydroxylation is 1. The van der Waals surface area contributed by atoms with Crippen LogP contribution in [0.3, 0.4) is 0 Å². The van der Waals surface area contributed by atoms with E-state index in [1.54, 1.807) is 32.9 Å². The van der Waals surface area contributed by atoms with Gasteiger partial charge in [0.1, 0.15) is 0 Å². The number of anilines is 1. The second-order valence-corrected chi connectivity index (χ2v) is 11.9. The predicted octanol–water partition coefficient (Wildman–Crippen LogP) is 3.45. The number of carbonyl (C=O) groups excluding carboxylic acids is 1. The number of benzene rings is 2. The van der Waals surface area contributed by atoms with Crippen molar-refractivity contribution in [3.8, 4) is 0 Å². The maximum atomic E-state index is 13.1. The molecular formula is C23H31N3O5S2. The van der Waals surface area contributed by atoms with E-state index in [0.717, 1.165) is 19.3 Å². The maximum absolute atomic E-state index is 13.1. The SMILES string of the molecule is CCN(CC)S(=O)(=O)c1ccc(C(=O)Nc2ccc(C)c(S(=O)(=O)N3CCCCC3)c2)cc1. The average Bonchev–Trinajstić information content (AvgIpc) is 2.81. The van der Waals surface area contributed by atoms with Crippen LogP contribution < -0.4 is 5.32 Å². The van der Waals surface area contributed by atoms with Gasteiger partial charge in [-0.1, -0.05) is 26.3 Å². The van der Waals surface area contributed by atoms with Crippen LogP contribution in [0.4, 0.5) is 5.69 Å². The third kappa shape index (κ3) is 5.46. The molecular weight excluding hydrogens is 462 g/mol. The molecule has 0 saturated carbocycles. The van der Waals surface area contributed by atoms with Crippen molar-refractivity contribution in [2.75, 3.05) is 31.5 Å². The number of rotatable bonds is 8. The van der Waals surface area contributed by atoms with Gasteiger partial charge in [-0.25, -0.2) is 16.8 Å². The zero-order valence-electron chi connectivity index (χ0n) is 19.2. The highest BCUT2D eigenvalue weighted by atomic mass is 32.2. The first-order valence-corrected chi connectivity index (χ1v) is 14.0. The molecule has 1 fully saturated rings. The number of piperidine rings is 1. The highest BCUT2D eigenvalue weighted by molar-refractivity contribution is 7.89. The minimum absolute atomic E-state index is 0.119. The van der Waals surface area contributed by atoms with Gasteiger partial charge in [-0.15, -0.1) is 0 Å². The second kappa shape index (κ2) is 10.3. The molecule has 1 aliphatic heterocycles. The largest absolute Gasteiger partial charge is 0.322 e. The zero-order valence-corrected chi connectivity index (χ0v) is 20.9. The molecule has 2 aromatic rings. The Morgan fingerprint density at radius 2 is 1.55 bits per heavy atom. The molecule has 0 aliphatic carbocycles. The number of hydrogen-bond donors (Lipinski definition) is 1. The molecule has 8 nitrogen and oxygen atoms in total. The Bertz CT molecular complexity index is 1200. The van der Waals surface area contributed by atoms with Crippen molar-refractivity contribution in [3.05, 3.63) is 53.6 Å². The van der Waals surface area contributed by atoms with E-state index >= 15 is 0 Å². The van der Waals surface area contributed by atoms with Crippen LogP contribution in [0.15, 0.2) is 52.3 Å². The number of nitrogens with zero attached hydrogens (tertiary/aromatic N) is 2. The molecule has 3 rings (SSSR count). The summed E-state index contributed by atoms with van der Waals surface area (Å²) in [6, 6.07) is 10.5. The van der Waals surface area contributed by atoms with Gasteiger partial charge in [-0.2, -0.15) is 8.61 Å². The number of amides is 1. The molecule has 0 aromatic heterocycles. The molecule has 1 aliphatic rings. The molecule has 180 valence electrons. The summed E-state index contributed by atoms with van der Waals surface area (Å²) in [5.74, 6) is -0.452. The summed E-state index contributed by atoms with van der Waals surface area (Å²) in [4.78, 5) is 13.0. The van der Waals surface area contributed by atoms with Gasteiger partial charge < -0.3 is 5.32 Å². The molecule has 0 spiro atoms. The molecule has 1 amide bonds. The minimum Gasteiger partial charge on any atom is -0.322 e. The Labute approximate surface area is 196 Å². The summed E-state index contributed by atoms with van der Waals surface area (Å²) in [6.45, 7) is 6.99. The van der Waals surface area contributed by atoms with Gasteiger partial charge in [-0.05, 0) is 61.7 Å². The molecule has 33 heavy (non-hydrogen) atoms. The van der Waals surface area contributed by atoms with Crippen molar-refractivity contribution in [2.24, 2.45) is 0 Å². The lowest BCUT2D eigenvalue weighted by atomic mass is 10.2. The van der Waals surface area contributed by atoms with Crippen molar-refractivity contribution in [2.45, 2.75) is 49.8 Å². The fourth-order valence-electron chi connectivity index (χ4n) is 3.89. The van der Waals surface area contributed by atoms with E-state index in [9.17, 15) is 21.6 Å². The molecule has 0 bridgehead atoms. The molecule has 1 heterocycles. The zero-order chi connectivity index (χ0) is 24.2. The molecule has 0 radical (unpaired) electrons. The maximum Gasteiger partial charge on any atom is 0.255 e. The van der Waals surface area contributed by atoms with E-state index in [0.29, 0.717) is 37.4 Å². The van der Waals surface area contributed by atoms with Crippen molar-refractivity contribution >= 4 is 31.6 Å². The topological polar surface area (TPSA) is 104 Å². The minimum atomic E-state index is -3.64. The average molecular weight is 494 g/mol. The Morgan fingerprint density at radius 3 is 2.12 bits per heavy atom. The van der Waals surface area contributed by atoms with Gasteiger partial charge in [0.05, 0.1) is 9.79 Å². The van der Waals surface area contributed by atoms with Gasteiger partial charge >= 0.3 is 0 Å². The number of hydrogen-bond acceptors (Lipinski definition) is 5. The van der Waals surface area contributed by atoms with Gasteiger partial charge in [0.2, 0.25) is 20.0 Å². The first-order chi connectivity index (χ1) is 15.6. The summed E-state index contributed by atoms with van der Waals surface area (Å²) < 4.78 is 54.3. The lowest BCUT2D eigenvalue weighted by Gasteiger charge is -2.26. The third-order valence-corrected chi connectivity index (χ3v) is 9.94. The van der Waals surface area contributed by atoms with Crippen molar-refractivity contribution in [1.29, 1.82) is 0 Å². The normalized spacial score (nSPS) is 15.5. The quantitative estimate of drug-likeness (QED) is 0.607.